The predicted molar refractivity (Wildman–Crippen MR) is 122 cm³/mol. The van der Waals surface area contributed by atoms with Crippen molar-refractivity contribution < 1.29 is 50.2 Å². The van der Waals surface area contributed by atoms with Gasteiger partial charge in [0.1, 0.15) is 6.29 Å². The fourth-order valence-electron chi connectivity index (χ4n) is 3.61. The van der Waals surface area contributed by atoms with E-state index in [-0.39, 0.29) is 6.42 Å². The lowest BCUT2D eigenvalue weighted by atomic mass is 9.92. The van der Waals surface area contributed by atoms with Crippen molar-refractivity contribution in [2.24, 2.45) is 5.92 Å². The van der Waals surface area contributed by atoms with Gasteiger partial charge in [0.15, 0.2) is 5.69 Å². The van der Waals surface area contributed by atoms with Crippen LogP contribution >= 0.6 is 0 Å². The summed E-state index contributed by atoms with van der Waals surface area (Å²) in [5.41, 5.74) is -0.890. The van der Waals surface area contributed by atoms with Gasteiger partial charge < -0.3 is 24.8 Å². The number of rotatable bonds is 11. The Kier molecular flexibility index (Phi) is 8.63. The molecule has 3 N–H and O–H groups in total. The summed E-state index contributed by atoms with van der Waals surface area (Å²) in [5, 5.41) is 16.0. The molecule has 39 heavy (non-hydrogen) atoms. The summed E-state index contributed by atoms with van der Waals surface area (Å²) in [4.78, 5) is 25.8. The maximum atomic E-state index is 14.6. The number of carbonyl (C=O) groups excluding carboxylic acids is 1. The number of pyridine rings is 1. The first kappa shape index (κ1) is 29.5. The van der Waals surface area contributed by atoms with Crippen LogP contribution in [0.3, 0.4) is 0 Å². The number of aliphatic carboxylic acids is 1. The van der Waals surface area contributed by atoms with Crippen LogP contribution in [0.5, 0.6) is 0 Å². The summed E-state index contributed by atoms with van der Waals surface area (Å²) in [6.07, 6.45) is -12.0. The van der Waals surface area contributed by atoms with Crippen LogP contribution in [0.2, 0.25) is 0 Å². The minimum absolute atomic E-state index is 0.293. The highest BCUT2D eigenvalue weighted by Gasteiger charge is 2.61. The lowest BCUT2D eigenvalue weighted by molar-refractivity contribution is -0.300. The van der Waals surface area contributed by atoms with Crippen LogP contribution in [0.4, 0.5) is 32.0 Å². The normalized spacial score (nSPS) is 14.5. The van der Waals surface area contributed by atoms with E-state index in [0.717, 1.165) is 0 Å². The van der Waals surface area contributed by atoms with Crippen LogP contribution in [0, 0.1) is 5.92 Å². The summed E-state index contributed by atoms with van der Waals surface area (Å²) >= 11 is 0. The SMILES string of the molecule is CC(C=O)CCC(OCc1ccccc1)(c1nnc(-c2nc(CC(=O)O)c(C(F)(F)F)cc2N)o1)C(F)(F)F. The molecule has 3 aromatic rings. The molecule has 0 aliphatic rings. The molecule has 3 rings (SSSR count). The van der Waals surface area contributed by atoms with Gasteiger partial charge >= 0.3 is 18.3 Å². The lowest BCUT2D eigenvalue weighted by Crippen LogP contribution is -2.45. The number of hydrogen-bond donors (Lipinski definition) is 2. The Bertz CT molecular complexity index is 1310. The van der Waals surface area contributed by atoms with Crippen molar-refractivity contribution in [1.29, 1.82) is 0 Å². The first-order chi connectivity index (χ1) is 18.2. The molecule has 210 valence electrons. The Morgan fingerprint density at radius 1 is 1.15 bits per heavy atom. The van der Waals surface area contributed by atoms with Gasteiger partial charge in [0.05, 0.1) is 30.0 Å². The van der Waals surface area contributed by atoms with Gasteiger partial charge in [0, 0.05) is 5.92 Å². The molecule has 15 heteroatoms. The number of nitrogens with two attached hydrogens (primary N) is 1. The number of hydrogen-bond acceptors (Lipinski definition) is 8. The molecule has 0 fully saturated rings. The largest absolute Gasteiger partial charge is 0.481 e. The quantitative estimate of drug-likeness (QED) is 0.246. The fourth-order valence-corrected chi connectivity index (χ4v) is 3.61. The maximum Gasteiger partial charge on any atom is 0.426 e. The second-order valence-electron chi connectivity index (χ2n) is 8.65. The number of nitrogen functional groups attached to an aromatic ring is 1. The first-order valence-corrected chi connectivity index (χ1v) is 11.3. The number of carboxylic acid groups (broad SMARTS) is 1. The number of alkyl halides is 6. The third-order valence-electron chi connectivity index (χ3n) is 5.70. The van der Waals surface area contributed by atoms with E-state index in [4.69, 9.17) is 20.0 Å². The number of halogens is 6. The highest BCUT2D eigenvalue weighted by atomic mass is 19.4. The van der Waals surface area contributed by atoms with Crippen molar-refractivity contribution >= 4 is 17.9 Å². The Morgan fingerprint density at radius 3 is 2.38 bits per heavy atom. The molecule has 2 atom stereocenters. The monoisotopic (exact) mass is 560 g/mol. The van der Waals surface area contributed by atoms with Crippen molar-refractivity contribution in [2.75, 3.05) is 5.73 Å². The topological polar surface area (TPSA) is 141 Å². The Hall–Kier alpha value is -4.01. The third kappa shape index (κ3) is 6.71. The number of aldehydes is 1. The zero-order chi connectivity index (χ0) is 29.0. The molecule has 9 nitrogen and oxygen atoms in total. The molecule has 0 aliphatic carbocycles. The average Bonchev–Trinajstić information content (AvgIpc) is 3.34. The van der Waals surface area contributed by atoms with Gasteiger partial charge in [-0.05, 0) is 24.5 Å². The van der Waals surface area contributed by atoms with Gasteiger partial charge in [-0.25, -0.2) is 4.98 Å². The number of carboxylic acids is 1. The van der Waals surface area contributed by atoms with Crippen LogP contribution in [-0.2, 0) is 39.1 Å². The molecule has 0 spiro atoms. The van der Waals surface area contributed by atoms with E-state index in [1.165, 1.54) is 19.1 Å². The van der Waals surface area contributed by atoms with Gasteiger partial charge in [-0.15, -0.1) is 10.2 Å². The molecule has 2 unspecified atom stereocenters. The summed E-state index contributed by atoms with van der Waals surface area (Å²) in [6, 6.07) is 8.24. The second kappa shape index (κ2) is 11.4. The Morgan fingerprint density at radius 2 is 1.82 bits per heavy atom. The first-order valence-electron chi connectivity index (χ1n) is 11.3. The summed E-state index contributed by atoms with van der Waals surface area (Å²) in [5.74, 6) is -4.33. The molecule has 0 amide bonds. The van der Waals surface area contributed by atoms with Gasteiger partial charge in [-0.1, -0.05) is 37.3 Å². The van der Waals surface area contributed by atoms with E-state index in [1.54, 1.807) is 18.2 Å². The van der Waals surface area contributed by atoms with Gasteiger partial charge in [0.2, 0.25) is 5.60 Å². The zero-order valence-electron chi connectivity index (χ0n) is 20.2. The van der Waals surface area contributed by atoms with Crippen LogP contribution in [0.1, 0.15) is 42.5 Å². The van der Waals surface area contributed by atoms with Crippen LogP contribution < -0.4 is 5.73 Å². The lowest BCUT2D eigenvalue weighted by Gasteiger charge is -2.33. The average molecular weight is 560 g/mol. The molecular weight excluding hydrogens is 538 g/mol. The van der Waals surface area contributed by atoms with Gasteiger partial charge in [-0.2, -0.15) is 26.3 Å². The second-order valence-corrected chi connectivity index (χ2v) is 8.65. The minimum atomic E-state index is -5.15. The number of ether oxygens (including phenoxy) is 1. The number of anilines is 1. The summed E-state index contributed by atoms with van der Waals surface area (Å²) in [6.45, 7) is 0.859. The predicted octanol–water partition coefficient (Wildman–Crippen LogP) is 4.95. The molecule has 0 saturated heterocycles. The van der Waals surface area contributed by atoms with Crippen molar-refractivity contribution in [1.82, 2.24) is 15.2 Å². The fraction of sp³-hybridized carbons (Fsp3) is 0.375. The Balaban J connectivity index is 2.12. The number of carbonyl (C=O) groups is 2. The van der Waals surface area contributed by atoms with E-state index in [9.17, 15) is 35.9 Å². The summed E-state index contributed by atoms with van der Waals surface area (Å²) < 4.78 is 94.7. The molecule has 1 aromatic carbocycles. The van der Waals surface area contributed by atoms with Crippen molar-refractivity contribution in [3.8, 4) is 11.6 Å². The van der Waals surface area contributed by atoms with E-state index < -0.39 is 83.7 Å². The number of aromatic nitrogens is 3. The van der Waals surface area contributed by atoms with Gasteiger partial charge in [-0.3, -0.25) is 4.79 Å². The third-order valence-corrected chi connectivity index (χ3v) is 5.70. The molecule has 0 aliphatic heterocycles. The number of benzene rings is 1. The van der Waals surface area contributed by atoms with Crippen molar-refractivity contribution in [2.45, 2.75) is 50.7 Å². The molecule has 2 heterocycles. The highest BCUT2D eigenvalue weighted by molar-refractivity contribution is 5.73. The van der Waals surface area contributed by atoms with E-state index >= 15 is 0 Å². The maximum absolute atomic E-state index is 14.6. The van der Waals surface area contributed by atoms with E-state index in [0.29, 0.717) is 17.9 Å². The minimum Gasteiger partial charge on any atom is -0.481 e. The van der Waals surface area contributed by atoms with Crippen molar-refractivity contribution in [3.05, 3.63) is 59.1 Å². The zero-order valence-corrected chi connectivity index (χ0v) is 20.2. The van der Waals surface area contributed by atoms with Crippen LogP contribution in [-0.4, -0.2) is 38.7 Å². The highest BCUT2D eigenvalue weighted by Crippen LogP contribution is 2.47. The van der Waals surface area contributed by atoms with Crippen molar-refractivity contribution in [3.63, 3.8) is 0 Å². The molecular formula is C24H22F6N4O5. The molecule has 2 aromatic heterocycles. The molecule has 0 radical (unpaired) electrons. The Labute approximate surface area is 217 Å². The smallest absolute Gasteiger partial charge is 0.426 e. The van der Waals surface area contributed by atoms with Gasteiger partial charge in [0.25, 0.3) is 11.8 Å². The number of nitrogens with zero attached hydrogens (tertiary/aromatic N) is 3. The van der Waals surface area contributed by atoms with E-state index in [1.807, 2.05) is 0 Å². The summed E-state index contributed by atoms with van der Waals surface area (Å²) in [7, 11) is 0. The standard InChI is InChI=1S/C24H22F6N4O5/c1-13(11-35)7-8-22(24(28,29)30,38-12-14-5-3-2-4-6-14)21-34-33-20(39-21)19-16(31)9-15(23(25,26)27)17(32-19)10-18(36)37/h2-6,9,11,13H,7-8,10,12,31H2,1H3,(H,36,37). The van der Waals surface area contributed by atoms with Crippen LogP contribution in [0.15, 0.2) is 40.8 Å². The van der Waals surface area contributed by atoms with E-state index in [2.05, 4.69) is 15.2 Å². The van der Waals surface area contributed by atoms with Crippen LogP contribution in [0.25, 0.3) is 11.6 Å². The molecule has 0 saturated carbocycles. The molecule has 0 bridgehead atoms.